The van der Waals surface area contributed by atoms with E-state index in [1.54, 1.807) is 0 Å². The number of hydrogen-bond donors (Lipinski definition) is 1. The van der Waals surface area contributed by atoms with E-state index in [-0.39, 0.29) is 11.2 Å². The summed E-state index contributed by atoms with van der Waals surface area (Å²) in [5.41, 5.74) is 1.77. The van der Waals surface area contributed by atoms with Crippen molar-refractivity contribution in [2.24, 2.45) is 5.41 Å². The smallest absolute Gasteiger partial charge is 0.170 e. The number of ether oxygens (including phenoxy) is 1. The lowest BCUT2D eigenvalue weighted by molar-refractivity contribution is 0.0773. The van der Waals surface area contributed by atoms with Gasteiger partial charge < -0.3 is 10.1 Å². The molecule has 3 nitrogen and oxygen atoms in total. The fourth-order valence-corrected chi connectivity index (χ4v) is 2.93. The van der Waals surface area contributed by atoms with Gasteiger partial charge in [-0.1, -0.05) is 6.92 Å². The van der Waals surface area contributed by atoms with Gasteiger partial charge >= 0.3 is 0 Å². The summed E-state index contributed by atoms with van der Waals surface area (Å²) >= 11 is 0. The molecule has 1 atom stereocenters. The number of carbonyl (C=O) groups excluding carboxylic acids is 1. The van der Waals surface area contributed by atoms with Crippen molar-refractivity contribution in [3.05, 3.63) is 29.3 Å². The number of Topliss-reactive ketones (excluding diaryl/α,β-unsaturated/α-hetero) is 1. The van der Waals surface area contributed by atoms with Crippen molar-refractivity contribution in [3.8, 4) is 5.75 Å². The van der Waals surface area contributed by atoms with Gasteiger partial charge in [0.2, 0.25) is 0 Å². The van der Waals surface area contributed by atoms with Gasteiger partial charge in [0.05, 0.1) is 6.61 Å². The Labute approximate surface area is 108 Å². The molecule has 0 radical (unpaired) electrons. The van der Waals surface area contributed by atoms with Gasteiger partial charge in [0.1, 0.15) is 5.75 Å². The Bertz CT molecular complexity index is 475. The maximum atomic E-state index is 12.6. The lowest BCUT2D eigenvalue weighted by Gasteiger charge is -2.32. The Morgan fingerprint density at radius 3 is 3.11 bits per heavy atom. The Kier molecular flexibility index (Phi) is 2.86. The first kappa shape index (κ1) is 11.7. The van der Waals surface area contributed by atoms with E-state index in [4.69, 9.17) is 4.74 Å². The van der Waals surface area contributed by atoms with Crippen LogP contribution >= 0.6 is 0 Å². The summed E-state index contributed by atoms with van der Waals surface area (Å²) in [6.45, 7) is 4.64. The average molecular weight is 245 g/mol. The van der Waals surface area contributed by atoms with E-state index < -0.39 is 0 Å². The van der Waals surface area contributed by atoms with Crippen molar-refractivity contribution >= 4 is 5.78 Å². The third kappa shape index (κ3) is 1.93. The van der Waals surface area contributed by atoms with Crippen LogP contribution in [0.4, 0.5) is 0 Å². The maximum absolute atomic E-state index is 12.6. The van der Waals surface area contributed by atoms with Crippen molar-refractivity contribution in [2.45, 2.75) is 26.2 Å². The second-order valence-electron chi connectivity index (χ2n) is 5.59. The molecule has 0 saturated carbocycles. The summed E-state index contributed by atoms with van der Waals surface area (Å²) in [7, 11) is 0. The van der Waals surface area contributed by atoms with Crippen molar-refractivity contribution < 1.29 is 9.53 Å². The third-order valence-corrected chi connectivity index (χ3v) is 4.10. The van der Waals surface area contributed by atoms with Gasteiger partial charge in [-0.15, -0.1) is 0 Å². The van der Waals surface area contributed by atoms with E-state index in [1.165, 1.54) is 5.56 Å². The number of hydrogen-bond acceptors (Lipinski definition) is 3. The van der Waals surface area contributed by atoms with Gasteiger partial charge in [-0.05, 0) is 43.1 Å². The normalized spacial score (nSPS) is 26.5. The molecular weight excluding hydrogens is 226 g/mol. The van der Waals surface area contributed by atoms with Crippen molar-refractivity contribution in [1.82, 2.24) is 5.32 Å². The molecule has 1 aromatic carbocycles. The van der Waals surface area contributed by atoms with E-state index in [9.17, 15) is 4.79 Å². The molecule has 2 aliphatic heterocycles. The SMILES string of the molecule is CC1(C(=O)c2ccc3c(c2)CCO3)CCCNC1. The van der Waals surface area contributed by atoms with Gasteiger partial charge in [0, 0.05) is 23.9 Å². The summed E-state index contributed by atoms with van der Waals surface area (Å²) < 4.78 is 5.48. The lowest BCUT2D eigenvalue weighted by atomic mass is 9.76. The second-order valence-corrected chi connectivity index (χ2v) is 5.59. The first-order valence-electron chi connectivity index (χ1n) is 6.70. The van der Waals surface area contributed by atoms with Crippen LogP contribution in [0.3, 0.4) is 0 Å². The van der Waals surface area contributed by atoms with Crippen LogP contribution in [-0.4, -0.2) is 25.5 Å². The van der Waals surface area contributed by atoms with Gasteiger partial charge in [-0.2, -0.15) is 0 Å². The molecule has 1 saturated heterocycles. The average Bonchev–Trinajstić information content (AvgIpc) is 2.86. The van der Waals surface area contributed by atoms with Crippen LogP contribution in [0.1, 0.15) is 35.7 Å². The highest BCUT2D eigenvalue weighted by Gasteiger charge is 2.35. The maximum Gasteiger partial charge on any atom is 0.170 e. The summed E-state index contributed by atoms with van der Waals surface area (Å²) in [6.07, 6.45) is 2.98. The highest BCUT2D eigenvalue weighted by Crippen LogP contribution is 2.32. The largest absolute Gasteiger partial charge is 0.493 e. The quantitative estimate of drug-likeness (QED) is 0.812. The van der Waals surface area contributed by atoms with Gasteiger partial charge in [-0.3, -0.25) is 4.79 Å². The fraction of sp³-hybridized carbons (Fsp3) is 0.533. The van der Waals surface area contributed by atoms with Crippen LogP contribution < -0.4 is 10.1 Å². The molecule has 0 aliphatic carbocycles. The van der Waals surface area contributed by atoms with Crippen LogP contribution in [-0.2, 0) is 6.42 Å². The molecule has 1 fully saturated rings. The van der Waals surface area contributed by atoms with Crippen LogP contribution in [0.2, 0.25) is 0 Å². The summed E-state index contributed by atoms with van der Waals surface area (Å²) in [5, 5.41) is 3.33. The molecule has 18 heavy (non-hydrogen) atoms. The van der Waals surface area contributed by atoms with E-state index >= 15 is 0 Å². The minimum atomic E-state index is -0.244. The predicted octanol–water partition coefficient (Wildman–Crippen LogP) is 2.19. The second kappa shape index (κ2) is 4.39. The van der Waals surface area contributed by atoms with Crippen LogP contribution in [0, 0.1) is 5.41 Å². The molecule has 0 aromatic heterocycles. The van der Waals surface area contributed by atoms with Gasteiger partial charge in [0.25, 0.3) is 0 Å². The van der Waals surface area contributed by atoms with Crippen LogP contribution in [0.5, 0.6) is 5.75 Å². The van der Waals surface area contributed by atoms with Crippen LogP contribution in [0.15, 0.2) is 18.2 Å². The highest BCUT2D eigenvalue weighted by molar-refractivity contribution is 6.00. The molecule has 96 valence electrons. The molecule has 2 heterocycles. The Balaban J connectivity index is 1.88. The van der Waals surface area contributed by atoms with E-state index in [0.29, 0.717) is 0 Å². The zero-order valence-electron chi connectivity index (χ0n) is 10.8. The molecular formula is C15H19NO2. The van der Waals surface area contributed by atoms with E-state index in [2.05, 4.69) is 12.2 Å². The number of benzene rings is 1. The third-order valence-electron chi connectivity index (χ3n) is 4.10. The highest BCUT2D eigenvalue weighted by atomic mass is 16.5. The molecule has 0 spiro atoms. The van der Waals surface area contributed by atoms with Gasteiger partial charge in [-0.25, -0.2) is 0 Å². The Morgan fingerprint density at radius 1 is 1.44 bits per heavy atom. The zero-order chi connectivity index (χ0) is 12.6. The Hall–Kier alpha value is -1.35. The number of fused-ring (bicyclic) bond motifs is 1. The minimum absolute atomic E-state index is 0.244. The van der Waals surface area contributed by atoms with Gasteiger partial charge in [0.15, 0.2) is 5.78 Å². The van der Waals surface area contributed by atoms with E-state index in [0.717, 1.165) is 50.3 Å². The molecule has 1 unspecified atom stereocenters. The first-order valence-corrected chi connectivity index (χ1v) is 6.70. The van der Waals surface area contributed by atoms with Crippen LogP contribution in [0.25, 0.3) is 0 Å². The Morgan fingerprint density at radius 2 is 2.33 bits per heavy atom. The van der Waals surface area contributed by atoms with Crippen molar-refractivity contribution in [2.75, 3.05) is 19.7 Å². The minimum Gasteiger partial charge on any atom is -0.493 e. The lowest BCUT2D eigenvalue weighted by Crippen LogP contribution is -2.43. The molecule has 3 rings (SSSR count). The first-order chi connectivity index (χ1) is 8.69. The standard InChI is InChI=1S/C15H19NO2/c1-15(6-2-7-16-10-15)14(17)12-3-4-13-11(9-12)5-8-18-13/h3-4,9,16H,2,5-8,10H2,1H3. The summed E-state index contributed by atoms with van der Waals surface area (Å²) in [4.78, 5) is 12.6. The molecule has 2 aliphatic rings. The predicted molar refractivity (Wildman–Crippen MR) is 70.2 cm³/mol. The number of piperidine rings is 1. The fourth-order valence-electron chi connectivity index (χ4n) is 2.93. The molecule has 3 heteroatoms. The summed E-state index contributed by atoms with van der Waals surface area (Å²) in [6, 6.07) is 5.87. The molecule has 0 bridgehead atoms. The van der Waals surface area contributed by atoms with Crippen molar-refractivity contribution in [1.29, 1.82) is 0 Å². The van der Waals surface area contributed by atoms with E-state index in [1.807, 2.05) is 18.2 Å². The number of ketones is 1. The molecule has 1 aromatic rings. The number of carbonyl (C=O) groups is 1. The molecule has 1 N–H and O–H groups in total. The topological polar surface area (TPSA) is 38.3 Å². The zero-order valence-corrected chi connectivity index (χ0v) is 10.8. The molecule has 0 amide bonds. The van der Waals surface area contributed by atoms with Crippen molar-refractivity contribution in [3.63, 3.8) is 0 Å². The monoisotopic (exact) mass is 245 g/mol. The summed E-state index contributed by atoms with van der Waals surface area (Å²) in [5.74, 6) is 1.21. The number of nitrogens with one attached hydrogen (secondary N) is 1. The number of rotatable bonds is 2.